The van der Waals surface area contributed by atoms with Crippen molar-refractivity contribution < 1.29 is 5.11 Å². The highest BCUT2D eigenvalue weighted by molar-refractivity contribution is 5.36. The number of hydrogen-bond acceptors (Lipinski definition) is 1. The minimum Gasteiger partial charge on any atom is -0.508 e. The Labute approximate surface area is 93.1 Å². The van der Waals surface area contributed by atoms with Crippen molar-refractivity contribution in [2.75, 3.05) is 0 Å². The first-order valence-corrected chi connectivity index (χ1v) is 5.97. The lowest BCUT2D eigenvalue weighted by atomic mass is 9.93. The van der Waals surface area contributed by atoms with Crippen molar-refractivity contribution in [3.05, 3.63) is 29.3 Å². The molecule has 1 aromatic rings. The van der Waals surface area contributed by atoms with Gasteiger partial charge in [-0.3, -0.25) is 0 Å². The zero-order chi connectivity index (χ0) is 11.3. The molecule has 0 amide bonds. The van der Waals surface area contributed by atoms with Gasteiger partial charge in [-0.2, -0.15) is 0 Å². The largest absolute Gasteiger partial charge is 0.508 e. The maximum Gasteiger partial charge on any atom is 0.115 e. The van der Waals surface area contributed by atoms with Crippen LogP contribution in [-0.2, 0) is 6.42 Å². The Bertz CT molecular complexity index is 302. The van der Waals surface area contributed by atoms with Crippen LogP contribution in [0.5, 0.6) is 5.75 Å². The molecule has 0 aromatic heterocycles. The first kappa shape index (κ1) is 12.1. The minimum atomic E-state index is 0.387. The summed E-state index contributed by atoms with van der Waals surface area (Å²) in [5, 5.41) is 9.46. The molecule has 0 saturated heterocycles. The van der Waals surface area contributed by atoms with E-state index in [9.17, 15) is 5.11 Å². The second kappa shape index (κ2) is 5.79. The van der Waals surface area contributed by atoms with Gasteiger partial charge in [-0.05, 0) is 42.0 Å². The van der Waals surface area contributed by atoms with E-state index in [4.69, 9.17) is 0 Å². The van der Waals surface area contributed by atoms with Crippen molar-refractivity contribution in [1.29, 1.82) is 0 Å². The SMILES string of the molecule is CCCCCc1ccc(O)cc1C(C)C. The Kier molecular flexibility index (Phi) is 4.67. The van der Waals surface area contributed by atoms with E-state index in [2.05, 4.69) is 26.8 Å². The molecule has 1 aromatic carbocycles. The van der Waals surface area contributed by atoms with E-state index in [0.29, 0.717) is 11.7 Å². The Morgan fingerprint density at radius 2 is 1.93 bits per heavy atom. The van der Waals surface area contributed by atoms with Gasteiger partial charge in [0, 0.05) is 0 Å². The molecule has 1 rings (SSSR count). The van der Waals surface area contributed by atoms with Crippen LogP contribution >= 0.6 is 0 Å². The van der Waals surface area contributed by atoms with Crippen LogP contribution in [0.4, 0.5) is 0 Å². The summed E-state index contributed by atoms with van der Waals surface area (Å²) in [6, 6.07) is 5.78. The summed E-state index contributed by atoms with van der Waals surface area (Å²) >= 11 is 0. The van der Waals surface area contributed by atoms with Gasteiger partial charge in [0.1, 0.15) is 5.75 Å². The standard InChI is InChI=1S/C14H22O/c1-4-5-6-7-12-8-9-13(15)10-14(12)11(2)3/h8-11,15H,4-7H2,1-3H3. The molecule has 0 spiro atoms. The van der Waals surface area contributed by atoms with Gasteiger partial charge in [0.15, 0.2) is 0 Å². The molecule has 0 aliphatic rings. The van der Waals surface area contributed by atoms with Crippen LogP contribution in [0.2, 0.25) is 0 Å². The van der Waals surface area contributed by atoms with Gasteiger partial charge in [-0.15, -0.1) is 0 Å². The van der Waals surface area contributed by atoms with Gasteiger partial charge in [0.2, 0.25) is 0 Å². The fourth-order valence-corrected chi connectivity index (χ4v) is 1.91. The van der Waals surface area contributed by atoms with Gasteiger partial charge >= 0.3 is 0 Å². The Hall–Kier alpha value is -0.980. The van der Waals surface area contributed by atoms with Crippen molar-refractivity contribution in [1.82, 2.24) is 0 Å². The van der Waals surface area contributed by atoms with Crippen molar-refractivity contribution >= 4 is 0 Å². The molecule has 0 heterocycles. The Balaban J connectivity index is 2.77. The zero-order valence-electron chi connectivity index (χ0n) is 10.1. The number of aryl methyl sites for hydroxylation is 1. The predicted molar refractivity (Wildman–Crippen MR) is 65.4 cm³/mol. The molecule has 1 heteroatoms. The molecule has 0 unspecified atom stereocenters. The fourth-order valence-electron chi connectivity index (χ4n) is 1.91. The maximum atomic E-state index is 9.46. The molecule has 1 N–H and O–H groups in total. The van der Waals surface area contributed by atoms with Crippen molar-refractivity contribution in [2.24, 2.45) is 0 Å². The molecule has 15 heavy (non-hydrogen) atoms. The van der Waals surface area contributed by atoms with Crippen LogP contribution in [-0.4, -0.2) is 5.11 Å². The third-order valence-electron chi connectivity index (χ3n) is 2.80. The first-order valence-electron chi connectivity index (χ1n) is 5.97. The highest BCUT2D eigenvalue weighted by Gasteiger charge is 2.07. The third kappa shape index (κ3) is 3.58. The first-order chi connectivity index (χ1) is 7.15. The van der Waals surface area contributed by atoms with Crippen molar-refractivity contribution in [3.63, 3.8) is 0 Å². The maximum absolute atomic E-state index is 9.46. The molecule has 0 bridgehead atoms. The molecule has 84 valence electrons. The molecular formula is C14H22O. The van der Waals surface area contributed by atoms with Crippen molar-refractivity contribution in [2.45, 2.75) is 52.4 Å². The number of unbranched alkanes of at least 4 members (excludes halogenated alkanes) is 2. The highest BCUT2D eigenvalue weighted by atomic mass is 16.3. The topological polar surface area (TPSA) is 20.2 Å². The normalized spacial score (nSPS) is 10.9. The average Bonchev–Trinajstić information content (AvgIpc) is 2.20. The zero-order valence-corrected chi connectivity index (χ0v) is 10.1. The minimum absolute atomic E-state index is 0.387. The summed E-state index contributed by atoms with van der Waals surface area (Å²) in [7, 11) is 0. The van der Waals surface area contributed by atoms with E-state index in [1.807, 2.05) is 6.07 Å². The fraction of sp³-hybridized carbons (Fsp3) is 0.571. The molecule has 0 aliphatic heterocycles. The number of hydrogen-bond donors (Lipinski definition) is 1. The summed E-state index contributed by atoms with van der Waals surface area (Å²) < 4.78 is 0. The van der Waals surface area contributed by atoms with E-state index in [-0.39, 0.29) is 0 Å². The highest BCUT2D eigenvalue weighted by Crippen LogP contribution is 2.25. The molecule has 0 atom stereocenters. The summed E-state index contributed by atoms with van der Waals surface area (Å²) in [5.74, 6) is 0.881. The third-order valence-corrected chi connectivity index (χ3v) is 2.80. The van der Waals surface area contributed by atoms with E-state index in [1.54, 1.807) is 6.07 Å². The quantitative estimate of drug-likeness (QED) is 0.714. The van der Waals surface area contributed by atoms with Gasteiger partial charge < -0.3 is 5.11 Å². The van der Waals surface area contributed by atoms with Crippen LogP contribution in [0, 0.1) is 0 Å². The molecule has 0 fully saturated rings. The second-order valence-corrected chi connectivity index (χ2v) is 4.49. The van der Waals surface area contributed by atoms with Gasteiger partial charge in [0.25, 0.3) is 0 Å². The summed E-state index contributed by atoms with van der Waals surface area (Å²) in [4.78, 5) is 0. The number of aromatic hydroxyl groups is 1. The van der Waals surface area contributed by atoms with Crippen LogP contribution in [0.15, 0.2) is 18.2 Å². The van der Waals surface area contributed by atoms with Crippen molar-refractivity contribution in [3.8, 4) is 5.75 Å². The van der Waals surface area contributed by atoms with E-state index < -0.39 is 0 Å². The lowest BCUT2D eigenvalue weighted by Crippen LogP contribution is -1.96. The number of rotatable bonds is 5. The second-order valence-electron chi connectivity index (χ2n) is 4.49. The van der Waals surface area contributed by atoms with Gasteiger partial charge in [0.05, 0.1) is 0 Å². The average molecular weight is 206 g/mol. The molecular weight excluding hydrogens is 184 g/mol. The number of phenolic OH excluding ortho intramolecular Hbond substituents is 1. The summed E-state index contributed by atoms with van der Waals surface area (Å²) in [5.41, 5.74) is 2.70. The Morgan fingerprint density at radius 3 is 2.53 bits per heavy atom. The predicted octanol–water partition coefficient (Wildman–Crippen LogP) is 4.25. The van der Waals surface area contributed by atoms with E-state index in [1.165, 1.54) is 30.4 Å². The monoisotopic (exact) mass is 206 g/mol. The lowest BCUT2D eigenvalue weighted by Gasteiger charge is -2.13. The Morgan fingerprint density at radius 1 is 1.20 bits per heavy atom. The molecule has 0 aliphatic carbocycles. The van der Waals surface area contributed by atoms with E-state index in [0.717, 1.165) is 6.42 Å². The van der Waals surface area contributed by atoms with Crippen LogP contribution < -0.4 is 0 Å². The van der Waals surface area contributed by atoms with E-state index >= 15 is 0 Å². The molecule has 0 radical (unpaired) electrons. The smallest absolute Gasteiger partial charge is 0.115 e. The number of benzene rings is 1. The van der Waals surface area contributed by atoms with Crippen LogP contribution in [0.1, 0.15) is 57.1 Å². The molecule has 0 saturated carbocycles. The summed E-state index contributed by atoms with van der Waals surface area (Å²) in [6.07, 6.45) is 4.94. The van der Waals surface area contributed by atoms with Gasteiger partial charge in [-0.1, -0.05) is 39.7 Å². The van der Waals surface area contributed by atoms with Gasteiger partial charge in [-0.25, -0.2) is 0 Å². The lowest BCUT2D eigenvalue weighted by molar-refractivity contribution is 0.473. The van der Waals surface area contributed by atoms with Crippen LogP contribution in [0.3, 0.4) is 0 Å². The molecule has 1 nitrogen and oxygen atoms in total. The summed E-state index contributed by atoms with van der Waals surface area (Å²) in [6.45, 7) is 6.58. The van der Waals surface area contributed by atoms with Crippen LogP contribution in [0.25, 0.3) is 0 Å². The number of phenols is 1.